The Bertz CT molecular complexity index is 1380. The summed E-state index contributed by atoms with van der Waals surface area (Å²) in [4.78, 5) is 0. The Hall–Kier alpha value is -4.30. The van der Waals surface area contributed by atoms with E-state index in [0.717, 1.165) is 55.5 Å². The van der Waals surface area contributed by atoms with Crippen molar-refractivity contribution in [3.8, 4) is 22.3 Å². The first-order chi connectivity index (χ1) is 15.6. The third kappa shape index (κ3) is 3.23. The minimum Gasteiger partial charge on any atom is -0.399 e. The van der Waals surface area contributed by atoms with Crippen LogP contribution in [0.4, 0.5) is 11.4 Å². The maximum absolute atomic E-state index is 5.87. The van der Waals surface area contributed by atoms with E-state index in [2.05, 4.69) is 73.8 Å². The third-order valence-corrected chi connectivity index (χ3v) is 6.10. The zero-order valence-electron chi connectivity index (χ0n) is 17.8. The normalized spacial score (nSPS) is 11.0. The van der Waals surface area contributed by atoms with Crippen LogP contribution in [0, 0.1) is 0 Å². The summed E-state index contributed by atoms with van der Waals surface area (Å²) >= 11 is 0. The van der Waals surface area contributed by atoms with Crippen LogP contribution < -0.4 is 11.5 Å². The van der Waals surface area contributed by atoms with E-state index in [9.17, 15) is 0 Å². The summed E-state index contributed by atoms with van der Waals surface area (Å²) in [6, 6.07) is 29.2. The Labute approximate surface area is 188 Å². The van der Waals surface area contributed by atoms with Gasteiger partial charge in [-0.1, -0.05) is 73.8 Å². The standard InChI is InChI=1S/C30H24N2/c1-3-25-26(4-2)30-18-22(20-7-13-24(32)14-8-20)10-16-28(30)27-15-9-21(17-29(25)27)19-5-11-23(31)12-6-19/h3-18H,1-2,31-32H2. The first-order valence-electron chi connectivity index (χ1n) is 10.6. The van der Waals surface area contributed by atoms with Gasteiger partial charge in [-0.25, -0.2) is 0 Å². The molecule has 32 heavy (non-hydrogen) atoms. The van der Waals surface area contributed by atoms with Crippen molar-refractivity contribution in [1.29, 1.82) is 0 Å². The highest BCUT2D eigenvalue weighted by atomic mass is 14.5. The first-order valence-corrected chi connectivity index (χ1v) is 10.6. The fraction of sp³-hybridized carbons (Fsp3) is 0. The van der Waals surface area contributed by atoms with Crippen molar-refractivity contribution in [3.63, 3.8) is 0 Å². The van der Waals surface area contributed by atoms with E-state index in [1.165, 1.54) is 10.8 Å². The number of nitrogens with two attached hydrogens (primary N) is 2. The van der Waals surface area contributed by atoms with E-state index in [0.29, 0.717) is 0 Å². The van der Waals surface area contributed by atoms with Crippen LogP contribution in [0.3, 0.4) is 0 Å². The molecular weight excluding hydrogens is 388 g/mol. The quantitative estimate of drug-likeness (QED) is 0.234. The molecule has 5 rings (SSSR count). The van der Waals surface area contributed by atoms with E-state index in [4.69, 9.17) is 11.5 Å². The molecule has 0 unspecified atom stereocenters. The lowest BCUT2D eigenvalue weighted by Crippen LogP contribution is -1.91. The Morgan fingerprint density at radius 2 is 0.781 bits per heavy atom. The maximum Gasteiger partial charge on any atom is 0.0314 e. The highest BCUT2D eigenvalue weighted by Crippen LogP contribution is 2.38. The number of hydrogen-bond donors (Lipinski definition) is 2. The van der Waals surface area contributed by atoms with Gasteiger partial charge in [-0.3, -0.25) is 0 Å². The molecule has 0 aliphatic heterocycles. The van der Waals surface area contributed by atoms with E-state index in [1.54, 1.807) is 0 Å². The zero-order valence-corrected chi connectivity index (χ0v) is 17.8. The Morgan fingerprint density at radius 3 is 1.12 bits per heavy atom. The second-order valence-corrected chi connectivity index (χ2v) is 8.00. The van der Waals surface area contributed by atoms with E-state index >= 15 is 0 Å². The van der Waals surface area contributed by atoms with Crippen molar-refractivity contribution >= 4 is 45.1 Å². The Balaban J connectivity index is 1.78. The smallest absolute Gasteiger partial charge is 0.0314 e. The molecule has 0 saturated carbocycles. The summed E-state index contributed by atoms with van der Waals surface area (Å²) < 4.78 is 0. The molecule has 2 heteroatoms. The highest BCUT2D eigenvalue weighted by molar-refractivity contribution is 6.16. The average Bonchev–Trinajstić information content (AvgIpc) is 2.83. The molecule has 0 aromatic heterocycles. The largest absolute Gasteiger partial charge is 0.399 e. The molecule has 0 fully saturated rings. The molecule has 0 atom stereocenters. The lowest BCUT2D eigenvalue weighted by Gasteiger charge is -2.16. The van der Waals surface area contributed by atoms with Crippen LogP contribution >= 0.6 is 0 Å². The molecule has 5 aromatic carbocycles. The Kier molecular flexibility index (Phi) is 4.76. The van der Waals surface area contributed by atoms with Crippen molar-refractivity contribution in [2.45, 2.75) is 0 Å². The van der Waals surface area contributed by atoms with Gasteiger partial charge < -0.3 is 11.5 Å². The van der Waals surface area contributed by atoms with Crippen LogP contribution in [-0.2, 0) is 0 Å². The van der Waals surface area contributed by atoms with Crippen LogP contribution in [-0.4, -0.2) is 0 Å². The van der Waals surface area contributed by atoms with E-state index in [1.807, 2.05) is 36.4 Å². The number of anilines is 2. The predicted molar refractivity (Wildman–Crippen MR) is 141 cm³/mol. The second kappa shape index (κ2) is 7.75. The minimum atomic E-state index is 0.762. The summed E-state index contributed by atoms with van der Waals surface area (Å²) in [5.41, 5.74) is 20.0. The van der Waals surface area contributed by atoms with Crippen molar-refractivity contribution in [1.82, 2.24) is 0 Å². The van der Waals surface area contributed by atoms with Crippen molar-refractivity contribution in [2.24, 2.45) is 0 Å². The lowest BCUT2D eigenvalue weighted by atomic mass is 9.88. The molecular formula is C30H24N2. The summed E-state index contributed by atoms with van der Waals surface area (Å²) in [5, 5.41) is 4.72. The van der Waals surface area contributed by atoms with Gasteiger partial charge >= 0.3 is 0 Å². The number of benzene rings is 5. The number of nitrogen functional groups attached to an aromatic ring is 2. The van der Waals surface area contributed by atoms with Crippen LogP contribution in [0.1, 0.15) is 11.1 Å². The molecule has 0 bridgehead atoms. The molecule has 0 heterocycles. The Morgan fingerprint density at radius 1 is 0.438 bits per heavy atom. The van der Waals surface area contributed by atoms with Gasteiger partial charge in [0.25, 0.3) is 0 Å². The molecule has 0 radical (unpaired) electrons. The van der Waals surface area contributed by atoms with E-state index in [-0.39, 0.29) is 0 Å². The SMILES string of the molecule is C=Cc1c(C=C)c2cc(-c3ccc(N)cc3)ccc2c2ccc(-c3ccc(N)cc3)cc12. The van der Waals surface area contributed by atoms with Crippen molar-refractivity contribution in [3.05, 3.63) is 109 Å². The molecule has 154 valence electrons. The second-order valence-electron chi connectivity index (χ2n) is 8.00. The molecule has 0 amide bonds. The fourth-order valence-corrected chi connectivity index (χ4v) is 4.44. The summed E-state index contributed by atoms with van der Waals surface area (Å²) in [6.45, 7) is 8.25. The van der Waals surface area contributed by atoms with Gasteiger partial charge in [0.1, 0.15) is 0 Å². The van der Waals surface area contributed by atoms with Gasteiger partial charge in [-0.15, -0.1) is 0 Å². The summed E-state index contributed by atoms with van der Waals surface area (Å²) in [5.74, 6) is 0. The third-order valence-electron chi connectivity index (χ3n) is 6.10. The maximum atomic E-state index is 5.87. The number of rotatable bonds is 4. The highest BCUT2D eigenvalue weighted by Gasteiger charge is 2.13. The molecule has 5 aromatic rings. The predicted octanol–water partition coefficient (Wildman–Crippen LogP) is 7.78. The molecule has 4 N–H and O–H groups in total. The van der Waals surface area contributed by atoms with Gasteiger partial charge in [0.15, 0.2) is 0 Å². The van der Waals surface area contributed by atoms with Gasteiger partial charge in [0.05, 0.1) is 0 Å². The molecule has 0 saturated heterocycles. The summed E-state index contributed by atoms with van der Waals surface area (Å²) in [6.07, 6.45) is 3.86. The lowest BCUT2D eigenvalue weighted by molar-refractivity contribution is 1.62. The number of fused-ring (bicyclic) bond motifs is 3. The number of hydrogen-bond acceptors (Lipinski definition) is 2. The first kappa shape index (κ1) is 19.7. The average molecular weight is 413 g/mol. The van der Waals surface area contributed by atoms with Crippen LogP contribution in [0.25, 0.3) is 56.0 Å². The molecule has 0 spiro atoms. The van der Waals surface area contributed by atoms with Crippen molar-refractivity contribution < 1.29 is 0 Å². The van der Waals surface area contributed by atoms with Gasteiger partial charge in [0.2, 0.25) is 0 Å². The monoisotopic (exact) mass is 412 g/mol. The topological polar surface area (TPSA) is 52.0 Å². The minimum absolute atomic E-state index is 0.762. The summed E-state index contributed by atoms with van der Waals surface area (Å²) in [7, 11) is 0. The van der Waals surface area contributed by atoms with Crippen molar-refractivity contribution in [2.75, 3.05) is 11.5 Å². The molecule has 0 aliphatic rings. The van der Waals surface area contributed by atoms with Gasteiger partial charge in [-0.2, -0.15) is 0 Å². The molecule has 0 aliphatic carbocycles. The molecule has 2 nitrogen and oxygen atoms in total. The van der Waals surface area contributed by atoms with Crippen LogP contribution in [0.15, 0.2) is 98.1 Å². The fourth-order valence-electron chi connectivity index (χ4n) is 4.44. The van der Waals surface area contributed by atoms with Crippen LogP contribution in [0.2, 0.25) is 0 Å². The zero-order chi connectivity index (χ0) is 22.2. The van der Waals surface area contributed by atoms with Gasteiger partial charge in [0, 0.05) is 11.4 Å². The van der Waals surface area contributed by atoms with Crippen LogP contribution in [0.5, 0.6) is 0 Å². The van der Waals surface area contributed by atoms with E-state index < -0.39 is 0 Å². The van der Waals surface area contributed by atoms with Gasteiger partial charge in [-0.05, 0) is 91.3 Å².